The van der Waals surface area contributed by atoms with Gasteiger partial charge in [0.05, 0.1) is 6.61 Å². The smallest absolute Gasteiger partial charge is 0.0641 e. The van der Waals surface area contributed by atoms with Crippen molar-refractivity contribution >= 4 is 0 Å². The molecular weight excluding hydrogens is 208 g/mol. The molecule has 0 amide bonds. The lowest BCUT2D eigenvalue weighted by Crippen LogP contribution is -2.42. The zero-order chi connectivity index (χ0) is 12.6. The van der Waals surface area contributed by atoms with Crippen LogP contribution in [0.2, 0.25) is 0 Å². The van der Waals surface area contributed by atoms with Crippen LogP contribution in [0.25, 0.3) is 0 Å². The summed E-state index contributed by atoms with van der Waals surface area (Å²) in [5.74, 6) is 2.63. The molecule has 1 nitrogen and oxygen atoms in total. The van der Waals surface area contributed by atoms with Gasteiger partial charge in [-0.2, -0.15) is 0 Å². The van der Waals surface area contributed by atoms with Crippen molar-refractivity contribution in [1.82, 2.24) is 0 Å². The van der Waals surface area contributed by atoms with Crippen molar-refractivity contribution in [3.8, 4) is 0 Å². The third-order valence-corrected chi connectivity index (χ3v) is 5.89. The number of hydrogen-bond acceptors (Lipinski definition) is 1. The Morgan fingerprint density at radius 3 is 2.65 bits per heavy atom. The number of allylic oxidation sites excluding steroid dienone is 1. The molecule has 0 aromatic rings. The molecule has 2 aliphatic carbocycles. The molecule has 0 heterocycles. The summed E-state index contributed by atoms with van der Waals surface area (Å²) in [6.07, 6.45) is 6.67. The Morgan fingerprint density at radius 1 is 1.29 bits per heavy atom. The maximum absolute atomic E-state index is 9.31. The van der Waals surface area contributed by atoms with E-state index in [1.54, 1.807) is 5.57 Å². The quantitative estimate of drug-likeness (QED) is 0.678. The van der Waals surface area contributed by atoms with Crippen LogP contribution in [0.15, 0.2) is 11.1 Å². The van der Waals surface area contributed by atoms with Crippen LogP contribution in [0.3, 0.4) is 0 Å². The SMILES string of the molecule is CC(CO)=C1CC[C@H]2CC[C@H](C)C(C)(C)[C@@H]2C1. The molecule has 0 bridgehead atoms. The van der Waals surface area contributed by atoms with Gasteiger partial charge in [0.15, 0.2) is 0 Å². The topological polar surface area (TPSA) is 20.2 Å². The van der Waals surface area contributed by atoms with Crippen molar-refractivity contribution in [2.24, 2.45) is 23.2 Å². The van der Waals surface area contributed by atoms with Gasteiger partial charge < -0.3 is 5.11 Å². The van der Waals surface area contributed by atoms with Gasteiger partial charge in [0, 0.05) is 0 Å². The second kappa shape index (κ2) is 4.76. The lowest BCUT2D eigenvalue weighted by Gasteiger charge is -2.51. The molecule has 2 rings (SSSR count). The summed E-state index contributed by atoms with van der Waals surface area (Å²) < 4.78 is 0. The van der Waals surface area contributed by atoms with Crippen molar-refractivity contribution in [2.75, 3.05) is 6.61 Å². The first-order valence-electron chi connectivity index (χ1n) is 7.25. The summed E-state index contributed by atoms with van der Waals surface area (Å²) in [5.41, 5.74) is 3.26. The predicted molar refractivity (Wildman–Crippen MR) is 72.8 cm³/mol. The molecule has 0 radical (unpaired) electrons. The highest BCUT2D eigenvalue weighted by Crippen LogP contribution is 2.54. The van der Waals surface area contributed by atoms with Crippen LogP contribution < -0.4 is 0 Å². The molecule has 0 aromatic heterocycles. The van der Waals surface area contributed by atoms with Crippen molar-refractivity contribution in [3.63, 3.8) is 0 Å². The Balaban J connectivity index is 2.20. The predicted octanol–water partition coefficient (Wildman–Crippen LogP) is 4.17. The van der Waals surface area contributed by atoms with Gasteiger partial charge in [-0.05, 0) is 67.8 Å². The Labute approximate surface area is 106 Å². The third-order valence-electron chi connectivity index (χ3n) is 5.89. The Bertz CT molecular complexity index is 313. The molecule has 0 saturated heterocycles. The highest BCUT2D eigenvalue weighted by atomic mass is 16.3. The van der Waals surface area contributed by atoms with Gasteiger partial charge in [0.2, 0.25) is 0 Å². The van der Waals surface area contributed by atoms with Crippen molar-refractivity contribution in [1.29, 1.82) is 0 Å². The van der Waals surface area contributed by atoms with Crippen molar-refractivity contribution < 1.29 is 5.11 Å². The number of hydrogen-bond donors (Lipinski definition) is 1. The van der Waals surface area contributed by atoms with Crippen LogP contribution in [0.1, 0.15) is 59.8 Å². The van der Waals surface area contributed by atoms with E-state index >= 15 is 0 Å². The van der Waals surface area contributed by atoms with Gasteiger partial charge in [0.25, 0.3) is 0 Å². The van der Waals surface area contributed by atoms with E-state index in [0.29, 0.717) is 5.41 Å². The summed E-state index contributed by atoms with van der Waals surface area (Å²) in [6, 6.07) is 0. The minimum Gasteiger partial charge on any atom is -0.392 e. The van der Waals surface area contributed by atoms with Gasteiger partial charge in [-0.3, -0.25) is 0 Å². The number of aliphatic hydroxyl groups excluding tert-OH is 1. The number of rotatable bonds is 1. The van der Waals surface area contributed by atoms with E-state index in [9.17, 15) is 5.11 Å². The zero-order valence-electron chi connectivity index (χ0n) is 11.9. The fourth-order valence-electron chi connectivity index (χ4n) is 4.01. The van der Waals surface area contributed by atoms with Crippen LogP contribution in [0.4, 0.5) is 0 Å². The maximum atomic E-state index is 9.31. The molecule has 1 heteroatoms. The van der Waals surface area contributed by atoms with E-state index in [4.69, 9.17) is 0 Å². The summed E-state index contributed by atoms with van der Waals surface area (Å²) in [4.78, 5) is 0. The lowest BCUT2D eigenvalue weighted by molar-refractivity contribution is 0.00689. The molecule has 17 heavy (non-hydrogen) atoms. The standard InChI is InChI=1S/C16H28O/c1-11(10-17)14-8-7-13-6-5-12(2)16(3,4)15(13)9-14/h12-13,15,17H,5-10H2,1-4H3/t12-,13+,15+/m0/s1. The molecule has 0 aliphatic heterocycles. The van der Waals surface area contributed by atoms with E-state index in [1.807, 2.05) is 0 Å². The van der Waals surface area contributed by atoms with Crippen LogP contribution in [-0.2, 0) is 0 Å². The second-order valence-electron chi connectivity index (χ2n) is 6.95. The summed E-state index contributed by atoms with van der Waals surface area (Å²) in [5, 5.41) is 9.31. The number of aliphatic hydroxyl groups is 1. The van der Waals surface area contributed by atoms with E-state index < -0.39 is 0 Å². The molecular formula is C16H28O. The normalized spacial score (nSPS) is 39.7. The van der Waals surface area contributed by atoms with Gasteiger partial charge >= 0.3 is 0 Å². The summed E-state index contributed by atoms with van der Waals surface area (Å²) in [7, 11) is 0. The van der Waals surface area contributed by atoms with Crippen molar-refractivity contribution in [3.05, 3.63) is 11.1 Å². The maximum Gasteiger partial charge on any atom is 0.0641 e. The molecule has 2 fully saturated rings. The Kier molecular flexibility index (Phi) is 3.68. The fourth-order valence-corrected chi connectivity index (χ4v) is 4.01. The molecule has 98 valence electrons. The first-order chi connectivity index (χ1) is 7.96. The van der Waals surface area contributed by atoms with E-state index in [1.165, 1.54) is 37.7 Å². The Hall–Kier alpha value is -0.300. The van der Waals surface area contributed by atoms with Crippen LogP contribution in [-0.4, -0.2) is 11.7 Å². The summed E-state index contributed by atoms with van der Waals surface area (Å²) in [6.45, 7) is 9.71. The van der Waals surface area contributed by atoms with Gasteiger partial charge in [-0.15, -0.1) is 0 Å². The van der Waals surface area contributed by atoms with Gasteiger partial charge in [-0.25, -0.2) is 0 Å². The molecule has 1 N–H and O–H groups in total. The van der Waals surface area contributed by atoms with Crippen LogP contribution in [0, 0.1) is 23.2 Å². The fraction of sp³-hybridized carbons (Fsp3) is 0.875. The minimum atomic E-state index is 0.253. The molecule has 3 atom stereocenters. The first-order valence-corrected chi connectivity index (χ1v) is 7.25. The average Bonchev–Trinajstić information content (AvgIpc) is 2.33. The first kappa shape index (κ1) is 13.1. The average molecular weight is 236 g/mol. The van der Waals surface area contributed by atoms with Crippen LogP contribution in [0.5, 0.6) is 0 Å². The van der Waals surface area contributed by atoms with Crippen LogP contribution >= 0.6 is 0 Å². The molecule has 0 spiro atoms. The van der Waals surface area contributed by atoms with E-state index in [-0.39, 0.29) is 6.61 Å². The highest BCUT2D eigenvalue weighted by Gasteiger charge is 2.44. The monoisotopic (exact) mass is 236 g/mol. The lowest BCUT2D eigenvalue weighted by atomic mass is 9.54. The van der Waals surface area contributed by atoms with E-state index in [2.05, 4.69) is 27.7 Å². The number of fused-ring (bicyclic) bond motifs is 1. The van der Waals surface area contributed by atoms with Gasteiger partial charge in [-0.1, -0.05) is 26.3 Å². The molecule has 2 aliphatic rings. The summed E-state index contributed by atoms with van der Waals surface area (Å²) >= 11 is 0. The largest absolute Gasteiger partial charge is 0.392 e. The van der Waals surface area contributed by atoms with Gasteiger partial charge in [0.1, 0.15) is 0 Å². The van der Waals surface area contributed by atoms with Crippen molar-refractivity contribution in [2.45, 2.75) is 59.8 Å². The second-order valence-corrected chi connectivity index (χ2v) is 6.95. The molecule has 0 aromatic carbocycles. The molecule has 2 saturated carbocycles. The molecule has 0 unspecified atom stereocenters. The zero-order valence-corrected chi connectivity index (χ0v) is 11.9. The van der Waals surface area contributed by atoms with E-state index in [0.717, 1.165) is 17.8 Å². The third kappa shape index (κ3) is 2.31. The highest BCUT2D eigenvalue weighted by molar-refractivity contribution is 5.17. The Morgan fingerprint density at radius 2 is 2.00 bits per heavy atom. The minimum absolute atomic E-state index is 0.253.